The molecule has 0 aliphatic rings. The summed E-state index contributed by atoms with van der Waals surface area (Å²) in [5, 5.41) is 10.3. The maximum absolute atomic E-state index is 5.67. The van der Waals surface area contributed by atoms with Gasteiger partial charge in [0.25, 0.3) is 5.89 Å². The van der Waals surface area contributed by atoms with E-state index in [0.29, 0.717) is 23.1 Å². The van der Waals surface area contributed by atoms with Crippen LogP contribution in [-0.4, -0.2) is 27.4 Å². The highest BCUT2D eigenvalue weighted by Crippen LogP contribution is 2.26. The van der Waals surface area contributed by atoms with Crippen LogP contribution in [0.3, 0.4) is 0 Å². The predicted octanol–water partition coefficient (Wildman–Crippen LogP) is 1.39. The first kappa shape index (κ1) is 11.6. The smallest absolute Gasteiger partial charge is 0.263 e. The summed E-state index contributed by atoms with van der Waals surface area (Å²) in [5.74, 6) is 1.51. The molecular formula is C10H15N5O2. The van der Waals surface area contributed by atoms with Crippen molar-refractivity contribution in [2.45, 2.75) is 20.0 Å². The summed E-state index contributed by atoms with van der Waals surface area (Å²) < 4.78 is 10.5. The minimum absolute atomic E-state index is 0.194. The second-order valence-electron chi connectivity index (χ2n) is 4.06. The van der Waals surface area contributed by atoms with Crippen molar-refractivity contribution in [2.24, 2.45) is 5.92 Å². The van der Waals surface area contributed by atoms with Gasteiger partial charge in [-0.1, -0.05) is 19.0 Å². The summed E-state index contributed by atoms with van der Waals surface area (Å²) in [6.45, 7) is 4.05. The highest BCUT2D eigenvalue weighted by atomic mass is 16.5. The van der Waals surface area contributed by atoms with Crippen LogP contribution in [0.4, 0.5) is 5.82 Å². The van der Waals surface area contributed by atoms with Gasteiger partial charge >= 0.3 is 0 Å². The molecular weight excluding hydrogens is 222 g/mol. The summed E-state index contributed by atoms with van der Waals surface area (Å²) in [7, 11) is 1.62. The van der Waals surface area contributed by atoms with Gasteiger partial charge in [0.05, 0.1) is 6.20 Å². The van der Waals surface area contributed by atoms with Crippen molar-refractivity contribution in [1.82, 2.24) is 20.3 Å². The molecule has 0 aliphatic heterocycles. The summed E-state index contributed by atoms with van der Waals surface area (Å²) >= 11 is 0. The highest BCUT2D eigenvalue weighted by Gasteiger charge is 2.22. The van der Waals surface area contributed by atoms with Crippen LogP contribution in [-0.2, 0) is 4.74 Å². The SMILES string of the molecule is COC(c1noc(-c2cn[nH]c2N)n1)C(C)C. The largest absolute Gasteiger partial charge is 0.383 e. The molecule has 0 bridgehead atoms. The molecule has 92 valence electrons. The van der Waals surface area contributed by atoms with Crippen molar-refractivity contribution in [3.05, 3.63) is 12.0 Å². The first-order valence-corrected chi connectivity index (χ1v) is 5.29. The Kier molecular flexibility index (Phi) is 3.10. The molecule has 0 saturated carbocycles. The highest BCUT2D eigenvalue weighted by molar-refractivity contribution is 5.65. The lowest BCUT2D eigenvalue weighted by Crippen LogP contribution is -2.10. The zero-order chi connectivity index (χ0) is 12.4. The fourth-order valence-electron chi connectivity index (χ4n) is 1.60. The molecule has 2 heterocycles. The molecule has 7 nitrogen and oxygen atoms in total. The summed E-state index contributed by atoms with van der Waals surface area (Å²) in [6, 6.07) is 0. The molecule has 0 radical (unpaired) electrons. The van der Waals surface area contributed by atoms with E-state index >= 15 is 0 Å². The molecule has 2 rings (SSSR count). The van der Waals surface area contributed by atoms with Gasteiger partial charge in [-0.2, -0.15) is 10.1 Å². The zero-order valence-corrected chi connectivity index (χ0v) is 9.97. The van der Waals surface area contributed by atoms with Gasteiger partial charge in [-0.3, -0.25) is 5.10 Å². The molecule has 17 heavy (non-hydrogen) atoms. The van der Waals surface area contributed by atoms with Crippen LogP contribution in [0.25, 0.3) is 11.5 Å². The molecule has 0 fully saturated rings. The van der Waals surface area contributed by atoms with E-state index in [-0.39, 0.29) is 12.0 Å². The van der Waals surface area contributed by atoms with E-state index in [9.17, 15) is 0 Å². The van der Waals surface area contributed by atoms with Gasteiger partial charge in [-0.05, 0) is 5.92 Å². The average Bonchev–Trinajstić information content (AvgIpc) is 2.87. The van der Waals surface area contributed by atoms with Crippen LogP contribution in [0.1, 0.15) is 25.8 Å². The Morgan fingerprint density at radius 1 is 1.47 bits per heavy atom. The second kappa shape index (κ2) is 4.54. The van der Waals surface area contributed by atoms with Crippen molar-refractivity contribution >= 4 is 5.82 Å². The number of H-pyrrole nitrogens is 1. The van der Waals surface area contributed by atoms with E-state index < -0.39 is 0 Å². The number of aromatic nitrogens is 4. The second-order valence-corrected chi connectivity index (χ2v) is 4.06. The number of hydrogen-bond acceptors (Lipinski definition) is 6. The number of methoxy groups -OCH3 is 1. The number of anilines is 1. The monoisotopic (exact) mass is 237 g/mol. The van der Waals surface area contributed by atoms with Gasteiger partial charge in [-0.15, -0.1) is 0 Å². The van der Waals surface area contributed by atoms with Crippen LogP contribution in [0, 0.1) is 5.92 Å². The normalized spacial score (nSPS) is 13.2. The first-order valence-electron chi connectivity index (χ1n) is 5.29. The van der Waals surface area contributed by atoms with E-state index in [1.807, 2.05) is 13.8 Å². The first-order chi connectivity index (χ1) is 8.13. The zero-order valence-electron chi connectivity index (χ0n) is 9.97. The predicted molar refractivity (Wildman–Crippen MR) is 60.9 cm³/mol. The summed E-state index contributed by atoms with van der Waals surface area (Å²) in [6.07, 6.45) is 1.35. The summed E-state index contributed by atoms with van der Waals surface area (Å²) in [5.41, 5.74) is 6.27. The molecule has 0 amide bonds. The van der Waals surface area contributed by atoms with Gasteiger partial charge in [0.15, 0.2) is 0 Å². The molecule has 2 aromatic heterocycles. The Hall–Kier alpha value is -1.89. The Morgan fingerprint density at radius 3 is 2.76 bits per heavy atom. The van der Waals surface area contributed by atoms with Crippen LogP contribution in [0.15, 0.2) is 10.7 Å². The topological polar surface area (TPSA) is 103 Å². The fraction of sp³-hybridized carbons (Fsp3) is 0.500. The fourth-order valence-corrected chi connectivity index (χ4v) is 1.60. The Balaban J connectivity index is 2.30. The average molecular weight is 237 g/mol. The third-order valence-corrected chi connectivity index (χ3v) is 2.45. The minimum atomic E-state index is -0.194. The molecule has 7 heteroatoms. The van der Waals surface area contributed by atoms with Crippen molar-refractivity contribution < 1.29 is 9.26 Å². The van der Waals surface area contributed by atoms with Gasteiger partial charge < -0.3 is 15.0 Å². The lowest BCUT2D eigenvalue weighted by molar-refractivity contribution is 0.0556. The number of ether oxygens (including phenoxy) is 1. The molecule has 2 aromatic rings. The van der Waals surface area contributed by atoms with Gasteiger partial charge in [0.1, 0.15) is 17.5 Å². The van der Waals surface area contributed by atoms with Crippen LogP contribution in [0.5, 0.6) is 0 Å². The number of rotatable bonds is 4. The maximum atomic E-state index is 5.67. The standard InChI is InChI=1S/C10H15N5O2/c1-5(2)7(16-3)9-13-10(17-15-9)6-4-12-14-8(6)11/h4-5,7H,1-3H3,(H3,11,12,14). The molecule has 0 spiro atoms. The number of nitrogen functional groups attached to an aromatic ring is 1. The number of nitrogens with one attached hydrogen (secondary N) is 1. The number of nitrogens with zero attached hydrogens (tertiary/aromatic N) is 3. The Bertz CT molecular complexity index is 490. The molecule has 1 unspecified atom stereocenters. The van der Waals surface area contributed by atoms with Gasteiger partial charge in [0, 0.05) is 7.11 Å². The summed E-state index contributed by atoms with van der Waals surface area (Å²) in [4.78, 5) is 4.26. The molecule has 3 N–H and O–H groups in total. The van der Waals surface area contributed by atoms with Crippen LogP contribution >= 0.6 is 0 Å². The quantitative estimate of drug-likeness (QED) is 0.832. The van der Waals surface area contributed by atoms with E-state index in [1.165, 1.54) is 0 Å². The van der Waals surface area contributed by atoms with Crippen LogP contribution < -0.4 is 5.73 Å². The van der Waals surface area contributed by atoms with Crippen molar-refractivity contribution in [2.75, 3.05) is 12.8 Å². The lowest BCUT2D eigenvalue weighted by atomic mass is 10.1. The van der Waals surface area contributed by atoms with E-state index in [1.54, 1.807) is 13.3 Å². The molecule has 0 saturated heterocycles. The third kappa shape index (κ3) is 2.14. The Labute approximate surface area is 98.3 Å². The maximum Gasteiger partial charge on any atom is 0.263 e. The molecule has 1 atom stereocenters. The number of hydrogen-bond donors (Lipinski definition) is 2. The van der Waals surface area contributed by atoms with Gasteiger partial charge in [0.2, 0.25) is 5.82 Å². The van der Waals surface area contributed by atoms with Crippen molar-refractivity contribution in [3.8, 4) is 11.5 Å². The van der Waals surface area contributed by atoms with Crippen molar-refractivity contribution in [3.63, 3.8) is 0 Å². The van der Waals surface area contributed by atoms with Crippen molar-refractivity contribution in [1.29, 1.82) is 0 Å². The van der Waals surface area contributed by atoms with E-state index in [4.69, 9.17) is 15.0 Å². The number of aromatic amines is 1. The molecule has 0 aromatic carbocycles. The lowest BCUT2D eigenvalue weighted by Gasteiger charge is -2.14. The third-order valence-electron chi connectivity index (χ3n) is 2.45. The molecule has 0 aliphatic carbocycles. The number of nitrogens with two attached hydrogens (primary N) is 1. The Morgan fingerprint density at radius 2 is 2.24 bits per heavy atom. The minimum Gasteiger partial charge on any atom is -0.383 e. The van der Waals surface area contributed by atoms with Crippen LogP contribution in [0.2, 0.25) is 0 Å². The van der Waals surface area contributed by atoms with Gasteiger partial charge in [-0.25, -0.2) is 0 Å². The van der Waals surface area contributed by atoms with E-state index in [2.05, 4.69) is 20.3 Å². The van der Waals surface area contributed by atoms with E-state index in [0.717, 1.165) is 0 Å².